The number of aromatic nitrogens is 1. The zero-order valence-corrected chi connectivity index (χ0v) is 21.9. The van der Waals surface area contributed by atoms with Crippen LogP contribution in [0.3, 0.4) is 0 Å². The zero-order valence-electron chi connectivity index (χ0n) is 21.9. The molecule has 36 heavy (non-hydrogen) atoms. The summed E-state index contributed by atoms with van der Waals surface area (Å²) in [6, 6.07) is 7.20. The van der Waals surface area contributed by atoms with E-state index in [1.807, 2.05) is 13.8 Å². The molecule has 0 unspecified atom stereocenters. The van der Waals surface area contributed by atoms with Crippen molar-refractivity contribution in [2.24, 2.45) is 0 Å². The highest BCUT2D eigenvalue weighted by Gasteiger charge is 2.23. The number of rotatable bonds is 7. The molecule has 1 aromatic heterocycles. The number of methoxy groups -OCH3 is 3. The minimum absolute atomic E-state index is 0.0177. The number of ketones is 1. The highest BCUT2D eigenvalue weighted by Crippen LogP contribution is 2.35. The molecule has 8 nitrogen and oxygen atoms in total. The molecule has 0 aliphatic heterocycles. The predicted molar refractivity (Wildman–Crippen MR) is 136 cm³/mol. The Kier molecular flexibility index (Phi) is 9.60. The Labute approximate surface area is 210 Å². The molecule has 0 aliphatic rings. The van der Waals surface area contributed by atoms with Gasteiger partial charge < -0.3 is 24.3 Å². The van der Waals surface area contributed by atoms with Gasteiger partial charge in [0.05, 0.1) is 26.9 Å². The van der Waals surface area contributed by atoms with Crippen molar-refractivity contribution in [3.63, 3.8) is 0 Å². The number of alkyl carbamates (subject to hydrolysis) is 1. The molecule has 0 saturated heterocycles. The van der Waals surface area contributed by atoms with Gasteiger partial charge in [-0.25, -0.2) is 9.18 Å². The third-order valence-corrected chi connectivity index (χ3v) is 4.93. The number of nitrogens with one attached hydrogen (secondary N) is 1. The molecule has 0 spiro atoms. The molecular weight excluding hydrogens is 467 g/mol. The van der Waals surface area contributed by atoms with Gasteiger partial charge in [0.2, 0.25) is 5.78 Å². The number of amides is 1. The van der Waals surface area contributed by atoms with Crippen molar-refractivity contribution in [2.75, 3.05) is 21.3 Å². The summed E-state index contributed by atoms with van der Waals surface area (Å²) in [5.41, 5.74) is -0.214. The second kappa shape index (κ2) is 12.2. The van der Waals surface area contributed by atoms with Crippen molar-refractivity contribution >= 4 is 22.6 Å². The average molecular weight is 501 g/mol. The second-order valence-corrected chi connectivity index (χ2v) is 8.42. The molecule has 2 aromatic carbocycles. The van der Waals surface area contributed by atoms with E-state index in [4.69, 9.17) is 18.9 Å². The molecule has 3 aromatic rings. The smallest absolute Gasteiger partial charge is 0.407 e. The van der Waals surface area contributed by atoms with E-state index in [-0.39, 0.29) is 17.8 Å². The van der Waals surface area contributed by atoms with E-state index in [1.165, 1.54) is 39.7 Å². The fourth-order valence-corrected chi connectivity index (χ4v) is 3.36. The lowest BCUT2D eigenvalue weighted by Gasteiger charge is -2.20. The topological polar surface area (TPSA) is 96.0 Å². The number of carbonyl (C=O) groups excluding carboxylic acids is 2. The van der Waals surface area contributed by atoms with Crippen molar-refractivity contribution in [1.29, 1.82) is 0 Å². The highest BCUT2D eigenvalue weighted by molar-refractivity contribution is 6.16. The van der Waals surface area contributed by atoms with Crippen molar-refractivity contribution < 1.29 is 32.9 Å². The molecule has 0 fully saturated rings. The van der Waals surface area contributed by atoms with Crippen molar-refractivity contribution in [1.82, 2.24) is 10.3 Å². The number of benzene rings is 2. The summed E-state index contributed by atoms with van der Waals surface area (Å²) >= 11 is 0. The maximum atomic E-state index is 14.5. The van der Waals surface area contributed by atoms with Gasteiger partial charge in [0.25, 0.3) is 0 Å². The summed E-state index contributed by atoms with van der Waals surface area (Å²) < 4.78 is 35.7. The van der Waals surface area contributed by atoms with Crippen LogP contribution in [-0.4, -0.2) is 43.8 Å². The molecule has 0 saturated carbocycles. The van der Waals surface area contributed by atoms with Crippen LogP contribution in [0.4, 0.5) is 9.18 Å². The van der Waals surface area contributed by atoms with Crippen LogP contribution in [0.15, 0.2) is 36.5 Å². The normalized spacial score (nSPS) is 10.7. The van der Waals surface area contributed by atoms with Gasteiger partial charge in [0, 0.05) is 18.1 Å². The van der Waals surface area contributed by atoms with E-state index in [1.54, 1.807) is 32.9 Å². The number of fused-ring (bicyclic) bond motifs is 1. The van der Waals surface area contributed by atoms with E-state index in [2.05, 4.69) is 10.3 Å². The zero-order chi connectivity index (χ0) is 27.0. The SMILES string of the molecule is CC.COc1ccc(F)c(C(=O)c2ncc(CNC(=O)OC(C)(C)C)c3cc(OC)c(OC)cc23)c1. The van der Waals surface area contributed by atoms with Crippen LogP contribution in [0.5, 0.6) is 17.2 Å². The van der Waals surface area contributed by atoms with Crippen LogP contribution in [0.25, 0.3) is 10.8 Å². The summed E-state index contributed by atoms with van der Waals surface area (Å²) in [5.74, 6) is -0.191. The van der Waals surface area contributed by atoms with Gasteiger partial charge in [-0.2, -0.15) is 0 Å². The lowest BCUT2D eigenvalue weighted by molar-refractivity contribution is 0.0523. The van der Waals surface area contributed by atoms with Crippen LogP contribution < -0.4 is 19.5 Å². The largest absolute Gasteiger partial charge is 0.497 e. The molecule has 0 radical (unpaired) electrons. The van der Waals surface area contributed by atoms with Crippen molar-refractivity contribution in [3.05, 3.63) is 59.2 Å². The molecule has 0 atom stereocenters. The lowest BCUT2D eigenvalue weighted by Crippen LogP contribution is -2.32. The van der Waals surface area contributed by atoms with Gasteiger partial charge in [-0.15, -0.1) is 0 Å². The van der Waals surface area contributed by atoms with Gasteiger partial charge >= 0.3 is 6.09 Å². The first-order chi connectivity index (χ1) is 17.1. The first-order valence-corrected chi connectivity index (χ1v) is 11.5. The number of halogens is 1. The number of nitrogens with zero attached hydrogens (tertiary/aromatic N) is 1. The first-order valence-electron chi connectivity index (χ1n) is 11.5. The minimum atomic E-state index is -0.697. The second-order valence-electron chi connectivity index (χ2n) is 8.42. The molecule has 194 valence electrons. The molecule has 0 aliphatic carbocycles. The van der Waals surface area contributed by atoms with Crippen LogP contribution in [-0.2, 0) is 11.3 Å². The Balaban J connectivity index is 0.00000222. The van der Waals surface area contributed by atoms with Crippen LogP contribution in [0.1, 0.15) is 56.2 Å². The number of hydrogen-bond acceptors (Lipinski definition) is 7. The minimum Gasteiger partial charge on any atom is -0.497 e. The van der Waals surface area contributed by atoms with E-state index in [0.717, 1.165) is 6.07 Å². The van der Waals surface area contributed by atoms with Crippen LogP contribution in [0, 0.1) is 5.82 Å². The van der Waals surface area contributed by atoms with Crippen LogP contribution >= 0.6 is 0 Å². The molecular formula is C27H33FN2O6. The van der Waals surface area contributed by atoms with E-state index < -0.39 is 23.3 Å². The Bertz CT molecular complexity index is 1240. The van der Waals surface area contributed by atoms with Gasteiger partial charge in [0.1, 0.15) is 22.9 Å². The van der Waals surface area contributed by atoms with Crippen LogP contribution in [0.2, 0.25) is 0 Å². The number of hydrogen-bond donors (Lipinski definition) is 1. The number of pyridine rings is 1. The Morgan fingerprint density at radius 2 is 1.56 bits per heavy atom. The van der Waals surface area contributed by atoms with Crippen molar-refractivity contribution in [2.45, 2.75) is 46.8 Å². The molecule has 9 heteroatoms. The summed E-state index contributed by atoms with van der Waals surface area (Å²) in [6.45, 7) is 9.37. The maximum Gasteiger partial charge on any atom is 0.407 e. The quantitative estimate of drug-likeness (QED) is 0.417. The third kappa shape index (κ3) is 6.62. The first kappa shape index (κ1) is 28.4. The standard InChI is InChI=1S/C25H27FN2O6.C2H6/c1-25(2,3)34-24(30)28-13-14-12-27-22(17-11-21(33-6)20(32-5)10-16(14)17)23(29)18-9-15(31-4)7-8-19(18)26;1-2/h7-12H,13H2,1-6H3,(H,28,30);1-2H3. The fourth-order valence-electron chi connectivity index (χ4n) is 3.36. The monoisotopic (exact) mass is 500 g/mol. The van der Waals surface area contributed by atoms with Gasteiger partial charge in [0.15, 0.2) is 11.5 Å². The summed E-state index contributed by atoms with van der Waals surface area (Å²) in [4.78, 5) is 29.8. The van der Waals surface area contributed by atoms with Gasteiger partial charge in [-0.1, -0.05) is 13.8 Å². The number of carbonyl (C=O) groups is 2. The van der Waals surface area contributed by atoms with Crippen molar-refractivity contribution in [3.8, 4) is 17.2 Å². The third-order valence-electron chi connectivity index (χ3n) is 4.93. The molecule has 1 amide bonds. The Hall–Kier alpha value is -3.88. The van der Waals surface area contributed by atoms with Gasteiger partial charge in [-0.3, -0.25) is 9.78 Å². The highest BCUT2D eigenvalue weighted by atomic mass is 19.1. The van der Waals surface area contributed by atoms with E-state index in [0.29, 0.717) is 33.6 Å². The predicted octanol–water partition coefficient (Wildman–Crippen LogP) is 5.68. The molecule has 0 bridgehead atoms. The van der Waals surface area contributed by atoms with E-state index in [9.17, 15) is 14.0 Å². The molecule has 3 rings (SSSR count). The maximum absolute atomic E-state index is 14.5. The Morgan fingerprint density at radius 1 is 0.944 bits per heavy atom. The molecule has 1 N–H and O–H groups in total. The Morgan fingerprint density at radius 3 is 2.11 bits per heavy atom. The summed E-state index contributed by atoms with van der Waals surface area (Å²) in [7, 11) is 4.38. The molecule has 1 heterocycles. The summed E-state index contributed by atoms with van der Waals surface area (Å²) in [6.07, 6.45) is 0.858. The van der Waals surface area contributed by atoms with E-state index >= 15 is 0 Å². The van der Waals surface area contributed by atoms with Gasteiger partial charge in [-0.05, 0) is 62.1 Å². The lowest BCUT2D eigenvalue weighted by atomic mass is 9.98. The fraction of sp³-hybridized carbons (Fsp3) is 0.370. The summed E-state index contributed by atoms with van der Waals surface area (Å²) in [5, 5.41) is 3.67. The average Bonchev–Trinajstić information content (AvgIpc) is 2.86. The number of ether oxygens (including phenoxy) is 4.